The molecular formula is C106H94N14. The highest BCUT2D eigenvalue weighted by Gasteiger charge is 2.29. The van der Waals surface area contributed by atoms with Crippen LogP contribution in [0, 0.1) is 41.5 Å². The van der Waals surface area contributed by atoms with Crippen LogP contribution in [0.2, 0.25) is 0 Å². The Morgan fingerprint density at radius 2 is 0.392 bits per heavy atom. The van der Waals surface area contributed by atoms with Crippen molar-refractivity contribution in [2.24, 2.45) is 39.9 Å². The second kappa shape index (κ2) is 36.9. The van der Waals surface area contributed by atoms with E-state index in [1.54, 1.807) is 0 Å². The van der Waals surface area contributed by atoms with E-state index in [-0.39, 0.29) is 11.8 Å². The van der Waals surface area contributed by atoms with Crippen LogP contribution in [0.3, 0.4) is 0 Å². The Balaban J connectivity index is 0.000000179. The number of allylic oxidation sites excluding steroid dienone is 8. The molecule has 2 aliphatic carbocycles. The molecule has 0 saturated carbocycles. The molecule has 17 rings (SSSR count). The third-order valence-electron chi connectivity index (χ3n) is 21.3. The summed E-state index contributed by atoms with van der Waals surface area (Å²) in [6.45, 7) is 16.6. The lowest BCUT2D eigenvalue weighted by Gasteiger charge is -2.30. The van der Waals surface area contributed by atoms with Crippen LogP contribution in [0.25, 0.3) is 44.5 Å². The van der Waals surface area contributed by atoms with Gasteiger partial charge in [0.2, 0.25) is 0 Å². The van der Waals surface area contributed by atoms with Gasteiger partial charge in [-0.15, -0.1) is 0 Å². The van der Waals surface area contributed by atoms with Crippen molar-refractivity contribution in [2.45, 2.75) is 80.1 Å². The fourth-order valence-corrected chi connectivity index (χ4v) is 15.0. The Kier molecular flexibility index (Phi) is 24.2. The minimum absolute atomic E-state index is 0.0426. The van der Waals surface area contributed by atoms with Gasteiger partial charge in [0.1, 0.15) is 0 Å². The van der Waals surface area contributed by atoms with Crippen molar-refractivity contribution in [3.63, 3.8) is 0 Å². The van der Waals surface area contributed by atoms with E-state index in [1.165, 1.54) is 44.5 Å². The van der Waals surface area contributed by atoms with Crippen molar-refractivity contribution in [3.8, 4) is 44.5 Å². The Morgan fingerprint density at radius 1 is 0.208 bits per heavy atom. The van der Waals surface area contributed by atoms with Crippen molar-refractivity contribution in [2.75, 3.05) is 0 Å². The van der Waals surface area contributed by atoms with E-state index in [0.717, 1.165) is 171 Å². The summed E-state index contributed by atoms with van der Waals surface area (Å²) < 4.78 is 0. The number of hydrogen-bond donors (Lipinski definition) is 6. The second-order valence-electron chi connectivity index (χ2n) is 31.0. The zero-order chi connectivity index (χ0) is 82.3. The molecule has 14 heteroatoms. The highest BCUT2D eigenvalue weighted by molar-refractivity contribution is 5.97. The number of aromatic amines is 6. The van der Waals surface area contributed by atoms with Gasteiger partial charge in [-0.3, -0.25) is 39.9 Å². The van der Waals surface area contributed by atoms with Crippen LogP contribution >= 0.6 is 0 Å². The number of aromatic nitrogens is 6. The number of aryl methyl sites for hydroxylation is 6. The molecular weight excluding hydrogens is 1470 g/mol. The van der Waals surface area contributed by atoms with Crippen LogP contribution in [0.1, 0.15) is 129 Å². The summed E-state index contributed by atoms with van der Waals surface area (Å²) in [5.74, 6) is -0.0875. The number of H-pyrrole nitrogens is 6. The number of nitrogens with zero attached hydrogens (tertiary/aromatic N) is 8. The van der Waals surface area contributed by atoms with Gasteiger partial charge in [-0.1, -0.05) is 133 Å². The van der Waals surface area contributed by atoms with Crippen molar-refractivity contribution in [1.29, 1.82) is 0 Å². The monoisotopic (exact) mass is 1560 g/mol. The standard InChI is InChI=1S/C55H47N7.C51H47N7/c1-36-5-9-40(29-36)32-56-45-21-10-41(11-22-45)52-30-54(43-14-25-47(26-15-43)58-34-50-19-7-38(3)61-50)55(44-16-27-48(28-17-44)59-35-51-20-8-39(4)62-51)31-53(52)42-12-23-46(24-13-42)57-33-49-18-6-37(2)60-49;1-34-5-9-38(29-34)30-52-43-21-10-39(11-22-43)50(40-12-23-44(24-13-40)53-31-47-18-6-35(2)56-47)51(41-14-25-45(26-15-41)54-32-48-19-7-36(3)57-48)42-16-27-46(28-17-42)55-33-49-20-8-37(4)58-49/h5-28,30-35,60-62H,29H2,1-4H3;5-28,30-33,50-51,56-58H,29H2,1-4H3. The van der Waals surface area contributed by atoms with E-state index < -0.39 is 0 Å². The molecule has 2 aliphatic rings. The maximum atomic E-state index is 4.84. The second-order valence-corrected chi connectivity index (χ2v) is 31.0. The average molecular weight is 1560 g/mol. The molecule has 6 N–H and O–H groups in total. The summed E-state index contributed by atoms with van der Waals surface area (Å²) in [5, 5.41) is 0. The van der Waals surface area contributed by atoms with Gasteiger partial charge in [0.25, 0.3) is 0 Å². The summed E-state index contributed by atoms with van der Waals surface area (Å²) in [6, 6.07) is 97.9. The third-order valence-corrected chi connectivity index (χ3v) is 21.3. The van der Waals surface area contributed by atoms with E-state index in [4.69, 9.17) is 39.9 Å². The first kappa shape index (κ1) is 78.8. The molecule has 0 fully saturated rings. The molecule has 0 amide bonds. The maximum absolute atomic E-state index is 4.84. The fraction of sp³-hybridized carbons (Fsp3) is 0.113. The Morgan fingerprint density at radius 3 is 0.558 bits per heavy atom. The highest BCUT2D eigenvalue weighted by Crippen LogP contribution is 2.47. The zero-order valence-electron chi connectivity index (χ0n) is 68.6. The lowest BCUT2D eigenvalue weighted by molar-refractivity contribution is 0.694. The number of hydrogen-bond acceptors (Lipinski definition) is 8. The predicted molar refractivity (Wildman–Crippen MR) is 504 cm³/mol. The first-order chi connectivity index (χ1) is 58.6. The molecule has 120 heavy (non-hydrogen) atoms. The lowest BCUT2D eigenvalue weighted by Crippen LogP contribution is -2.14. The molecule has 0 radical (unpaired) electrons. The van der Waals surface area contributed by atoms with Crippen LogP contribution < -0.4 is 0 Å². The smallest absolute Gasteiger partial charge is 0.0630 e. The van der Waals surface area contributed by atoms with E-state index in [9.17, 15) is 0 Å². The van der Waals surface area contributed by atoms with Gasteiger partial charge in [0, 0.05) is 58.4 Å². The summed E-state index contributed by atoms with van der Waals surface area (Å²) in [6.07, 6.45) is 25.7. The van der Waals surface area contributed by atoms with Crippen molar-refractivity contribution < 1.29 is 0 Å². The van der Waals surface area contributed by atoms with Gasteiger partial charge in [-0.05, 0) is 328 Å². The van der Waals surface area contributed by atoms with E-state index in [1.807, 2.05) is 128 Å². The molecule has 1 atom stereocenters. The maximum Gasteiger partial charge on any atom is 0.0630 e. The summed E-state index contributed by atoms with van der Waals surface area (Å²) in [4.78, 5) is 58.3. The van der Waals surface area contributed by atoms with E-state index in [2.05, 4.69) is 311 Å². The van der Waals surface area contributed by atoms with Crippen LogP contribution in [-0.4, -0.2) is 79.6 Å². The first-order valence-electron chi connectivity index (χ1n) is 40.6. The normalized spacial score (nSPS) is 13.6. The zero-order valence-corrected chi connectivity index (χ0v) is 68.6. The SMILES string of the molecule is CC1=CC=C(C=Nc2ccc(-c3cc(-c4ccc(N=Cc5ccc(C)[nH]5)cc4)c(-c4ccc(N=Cc5ccc(C)[nH]5)cc4)cc3-c3ccc(N=Cc4ccc(C)[nH]4)cc3)cc2)C1.CC1=CC=C(C=Nc2ccc(C(c3ccc(N=Cc4ccc(C)[nH]4)cc3)C(c3ccc(N=Cc4ccc(C)[nH]4)cc3)c3ccc(N=Cc4ccc(C)[nH]4)cc3)cc2)C1. The van der Waals surface area contributed by atoms with E-state index >= 15 is 0 Å². The highest BCUT2D eigenvalue weighted by atomic mass is 14.8. The van der Waals surface area contributed by atoms with Gasteiger partial charge < -0.3 is 29.9 Å². The van der Waals surface area contributed by atoms with Gasteiger partial charge >= 0.3 is 0 Å². The van der Waals surface area contributed by atoms with Crippen LogP contribution in [-0.2, 0) is 0 Å². The number of aliphatic imine (C=N–C) groups is 8. The quantitative estimate of drug-likeness (QED) is 0.0297. The van der Waals surface area contributed by atoms with Gasteiger partial charge in [-0.2, -0.15) is 0 Å². The van der Waals surface area contributed by atoms with E-state index in [0.29, 0.717) is 0 Å². The van der Waals surface area contributed by atoms with Gasteiger partial charge in [0.15, 0.2) is 0 Å². The van der Waals surface area contributed by atoms with Gasteiger partial charge in [-0.25, -0.2) is 0 Å². The third kappa shape index (κ3) is 20.4. The Bertz CT molecular complexity index is 6390. The largest absolute Gasteiger partial charge is 0.358 e. The topological polar surface area (TPSA) is 194 Å². The minimum Gasteiger partial charge on any atom is -0.358 e. The van der Waals surface area contributed by atoms with Crippen LogP contribution in [0.5, 0.6) is 0 Å². The number of rotatable bonds is 25. The lowest BCUT2D eigenvalue weighted by atomic mass is 9.73. The molecule has 1 unspecified atom stereocenters. The average Bonchev–Trinajstić information content (AvgIpc) is 1.11. The molecule has 9 aromatic carbocycles. The molecule has 6 heterocycles. The molecule has 588 valence electrons. The Hall–Kier alpha value is -15.0. The minimum atomic E-state index is -0.0449. The number of benzene rings is 9. The summed E-state index contributed by atoms with van der Waals surface area (Å²) in [5.41, 5.74) is 38.3. The van der Waals surface area contributed by atoms with Crippen LogP contribution in [0.4, 0.5) is 45.5 Å². The molecule has 0 spiro atoms. The molecule has 0 saturated heterocycles. The van der Waals surface area contributed by atoms with Crippen molar-refractivity contribution in [3.05, 3.63) is 416 Å². The molecule has 0 aliphatic heterocycles. The van der Waals surface area contributed by atoms with Crippen molar-refractivity contribution >= 4 is 95.2 Å². The Labute approximate surface area is 701 Å². The summed E-state index contributed by atoms with van der Waals surface area (Å²) >= 11 is 0. The fourth-order valence-electron chi connectivity index (χ4n) is 15.0. The predicted octanol–water partition coefficient (Wildman–Crippen LogP) is 27.3. The van der Waals surface area contributed by atoms with Crippen LogP contribution in [0.15, 0.2) is 366 Å². The summed E-state index contributed by atoms with van der Waals surface area (Å²) in [7, 11) is 0. The first-order valence-corrected chi connectivity index (χ1v) is 40.6. The molecule has 14 nitrogen and oxygen atoms in total. The molecule has 6 aromatic heterocycles. The van der Waals surface area contributed by atoms with Crippen molar-refractivity contribution in [1.82, 2.24) is 29.9 Å². The molecule has 0 bridgehead atoms. The van der Waals surface area contributed by atoms with Gasteiger partial charge in [0.05, 0.1) is 117 Å². The molecule has 15 aromatic rings. The number of nitrogens with one attached hydrogen (secondary N) is 6.